The summed E-state index contributed by atoms with van der Waals surface area (Å²) in [5, 5.41) is 6.08. The normalized spacial score (nSPS) is 19.8. The lowest BCUT2D eigenvalue weighted by atomic mass is 9.82. The fraction of sp³-hybridized carbons (Fsp3) is 0.552. The Kier molecular flexibility index (Phi) is 7.33. The number of nitrogens with one attached hydrogen (secondary N) is 1. The number of nitrogens with zero attached hydrogens (tertiary/aromatic N) is 5. The standard InChI is InChI=1S/C29H38N6O3S/c1-2-39(37,38)32-29(36)24-20-25(34-18-14-22(15-19-34)33-16-7-4-8-17-33)26-27(21-10-9-11-21)31-35(28(26)30-24)23-12-5-3-6-13-23/h3,5-6,12-13,20-22H,2,4,7-11,14-19H2,1H3,(H,32,36). The molecule has 2 saturated heterocycles. The van der Waals surface area contributed by atoms with Crippen molar-refractivity contribution in [2.24, 2.45) is 0 Å². The van der Waals surface area contributed by atoms with E-state index in [9.17, 15) is 13.2 Å². The summed E-state index contributed by atoms with van der Waals surface area (Å²) < 4.78 is 28.5. The molecule has 39 heavy (non-hydrogen) atoms. The van der Waals surface area contributed by atoms with E-state index in [4.69, 9.17) is 10.1 Å². The molecule has 0 radical (unpaired) electrons. The lowest BCUT2D eigenvalue weighted by Crippen LogP contribution is -2.46. The van der Waals surface area contributed by atoms with Gasteiger partial charge in [-0.25, -0.2) is 22.8 Å². The van der Waals surface area contributed by atoms with Gasteiger partial charge in [0.1, 0.15) is 5.69 Å². The summed E-state index contributed by atoms with van der Waals surface area (Å²) in [6, 6.07) is 12.2. The zero-order valence-electron chi connectivity index (χ0n) is 22.7. The molecule has 208 valence electrons. The van der Waals surface area contributed by atoms with Crippen LogP contribution in [0.5, 0.6) is 0 Å². The average Bonchev–Trinajstić information content (AvgIpc) is 3.31. The number of hydrogen-bond acceptors (Lipinski definition) is 7. The SMILES string of the molecule is CCS(=O)(=O)NC(=O)c1cc(N2CCC(N3CCCCC3)CC2)c2c(C3CCC3)nn(-c3ccccc3)c2n1. The second-order valence-corrected chi connectivity index (χ2v) is 13.1. The Balaban J connectivity index is 1.44. The van der Waals surface area contributed by atoms with Crippen LogP contribution in [0, 0.1) is 0 Å². The second-order valence-electron chi connectivity index (χ2n) is 11.1. The molecule has 3 aliphatic rings. The van der Waals surface area contributed by atoms with Crippen LogP contribution < -0.4 is 9.62 Å². The summed E-state index contributed by atoms with van der Waals surface area (Å²) in [7, 11) is -3.72. The number of pyridine rings is 1. The fourth-order valence-corrected chi connectivity index (χ4v) is 6.76. The Labute approximate surface area is 230 Å². The highest BCUT2D eigenvalue weighted by molar-refractivity contribution is 7.90. The lowest BCUT2D eigenvalue weighted by molar-refractivity contribution is 0.0977. The van der Waals surface area contributed by atoms with E-state index in [1.807, 2.05) is 35.0 Å². The zero-order valence-corrected chi connectivity index (χ0v) is 23.5. The summed E-state index contributed by atoms with van der Waals surface area (Å²) in [4.78, 5) is 23.0. The van der Waals surface area contributed by atoms with E-state index in [1.165, 1.54) is 45.7 Å². The number of hydrogen-bond donors (Lipinski definition) is 1. The van der Waals surface area contributed by atoms with Crippen molar-refractivity contribution in [2.75, 3.05) is 36.8 Å². The van der Waals surface area contributed by atoms with Crippen LogP contribution in [0.3, 0.4) is 0 Å². The third-order valence-corrected chi connectivity index (χ3v) is 9.97. The first-order valence-corrected chi connectivity index (χ1v) is 16.1. The van der Waals surface area contributed by atoms with Gasteiger partial charge in [0.25, 0.3) is 5.91 Å². The van der Waals surface area contributed by atoms with E-state index in [2.05, 4.69) is 14.5 Å². The van der Waals surface area contributed by atoms with Gasteiger partial charge in [-0.1, -0.05) is 31.0 Å². The molecule has 1 saturated carbocycles. The summed E-state index contributed by atoms with van der Waals surface area (Å²) in [6.07, 6.45) is 9.41. The number of amides is 1. The molecule has 4 heterocycles. The van der Waals surface area contributed by atoms with E-state index in [0.717, 1.165) is 61.2 Å². The van der Waals surface area contributed by atoms with Gasteiger partial charge in [-0.2, -0.15) is 5.10 Å². The van der Waals surface area contributed by atoms with Crippen LogP contribution in [-0.2, 0) is 10.0 Å². The maximum Gasteiger partial charge on any atom is 0.283 e. The number of anilines is 1. The monoisotopic (exact) mass is 550 g/mol. The minimum atomic E-state index is -3.72. The van der Waals surface area contributed by atoms with Crippen molar-refractivity contribution in [1.82, 2.24) is 24.4 Å². The van der Waals surface area contributed by atoms with E-state index in [-0.39, 0.29) is 11.4 Å². The molecule has 9 nitrogen and oxygen atoms in total. The second kappa shape index (κ2) is 10.9. The summed E-state index contributed by atoms with van der Waals surface area (Å²) in [6.45, 7) is 5.66. The fourth-order valence-electron chi connectivity index (χ4n) is 6.23. The molecular weight excluding hydrogens is 512 g/mol. The van der Waals surface area contributed by atoms with Gasteiger partial charge in [-0.05, 0) is 76.7 Å². The average molecular weight is 551 g/mol. The first kappa shape index (κ1) is 26.3. The van der Waals surface area contributed by atoms with Gasteiger partial charge in [-0.15, -0.1) is 0 Å². The van der Waals surface area contributed by atoms with Gasteiger partial charge in [0.2, 0.25) is 10.0 Å². The zero-order chi connectivity index (χ0) is 27.0. The van der Waals surface area contributed by atoms with Crippen molar-refractivity contribution in [3.8, 4) is 5.69 Å². The number of piperidine rings is 2. The molecule has 1 N–H and O–H groups in total. The molecule has 3 fully saturated rings. The molecule has 2 aliphatic heterocycles. The number of likely N-dealkylation sites (tertiary alicyclic amines) is 1. The van der Waals surface area contributed by atoms with Gasteiger partial charge >= 0.3 is 0 Å². The maximum absolute atomic E-state index is 13.2. The Hall–Kier alpha value is -2.98. The number of fused-ring (bicyclic) bond motifs is 1. The number of benzene rings is 1. The van der Waals surface area contributed by atoms with Gasteiger partial charge < -0.3 is 9.80 Å². The largest absolute Gasteiger partial charge is 0.371 e. The molecule has 10 heteroatoms. The van der Waals surface area contributed by atoms with Crippen molar-refractivity contribution in [3.63, 3.8) is 0 Å². The molecule has 0 spiro atoms. The highest BCUT2D eigenvalue weighted by Crippen LogP contribution is 2.43. The topological polar surface area (TPSA) is 100 Å². The summed E-state index contributed by atoms with van der Waals surface area (Å²) in [5.74, 6) is -0.510. The maximum atomic E-state index is 13.2. The van der Waals surface area contributed by atoms with E-state index < -0.39 is 15.9 Å². The quantitative estimate of drug-likeness (QED) is 0.470. The van der Waals surface area contributed by atoms with Crippen LogP contribution in [0.4, 0.5) is 5.69 Å². The minimum Gasteiger partial charge on any atom is -0.371 e. The predicted molar refractivity (Wildman–Crippen MR) is 153 cm³/mol. The Bertz CT molecular complexity index is 1440. The van der Waals surface area contributed by atoms with Gasteiger partial charge in [0, 0.05) is 25.0 Å². The molecule has 3 aromatic rings. The van der Waals surface area contributed by atoms with Gasteiger partial charge in [-0.3, -0.25) is 4.79 Å². The first-order chi connectivity index (χ1) is 18.9. The number of rotatable bonds is 7. The lowest BCUT2D eigenvalue weighted by Gasteiger charge is -2.41. The third-order valence-electron chi connectivity index (χ3n) is 8.71. The van der Waals surface area contributed by atoms with Crippen LogP contribution >= 0.6 is 0 Å². The molecule has 6 rings (SSSR count). The van der Waals surface area contributed by atoms with Gasteiger partial charge in [0.05, 0.1) is 28.2 Å². The van der Waals surface area contributed by atoms with Crippen molar-refractivity contribution in [1.29, 1.82) is 0 Å². The van der Waals surface area contributed by atoms with Crippen molar-refractivity contribution in [3.05, 3.63) is 47.8 Å². The van der Waals surface area contributed by atoms with Crippen LogP contribution in [-0.4, -0.2) is 72.0 Å². The number of sulfonamides is 1. The number of para-hydroxylation sites is 1. The smallest absolute Gasteiger partial charge is 0.283 e. The minimum absolute atomic E-state index is 0.102. The first-order valence-electron chi connectivity index (χ1n) is 14.5. The predicted octanol–water partition coefficient (Wildman–Crippen LogP) is 4.22. The van der Waals surface area contributed by atoms with Crippen molar-refractivity contribution >= 4 is 32.7 Å². The van der Waals surface area contributed by atoms with Crippen molar-refractivity contribution in [2.45, 2.75) is 70.3 Å². The van der Waals surface area contributed by atoms with Crippen LogP contribution in [0.25, 0.3) is 16.7 Å². The molecule has 1 aromatic carbocycles. The highest BCUT2D eigenvalue weighted by Gasteiger charge is 2.33. The molecular formula is C29H38N6O3S. The van der Waals surface area contributed by atoms with Gasteiger partial charge in [0.15, 0.2) is 5.65 Å². The van der Waals surface area contributed by atoms with E-state index in [0.29, 0.717) is 17.6 Å². The van der Waals surface area contributed by atoms with Crippen LogP contribution in [0.15, 0.2) is 36.4 Å². The highest BCUT2D eigenvalue weighted by atomic mass is 32.2. The number of carbonyl (C=O) groups excluding carboxylic acids is 1. The van der Waals surface area contributed by atoms with E-state index in [1.54, 1.807) is 6.07 Å². The molecule has 1 aliphatic carbocycles. The van der Waals surface area contributed by atoms with E-state index >= 15 is 0 Å². The Morgan fingerprint density at radius 3 is 2.33 bits per heavy atom. The molecule has 0 bridgehead atoms. The molecule has 0 unspecified atom stereocenters. The molecule has 2 aromatic heterocycles. The molecule has 0 atom stereocenters. The summed E-state index contributed by atoms with van der Waals surface area (Å²) in [5.41, 5.74) is 3.56. The van der Waals surface area contributed by atoms with Crippen molar-refractivity contribution < 1.29 is 13.2 Å². The Morgan fingerprint density at radius 2 is 1.69 bits per heavy atom. The summed E-state index contributed by atoms with van der Waals surface area (Å²) >= 11 is 0. The third kappa shape index (κ3) is 5.28. The number of carbonyl (C=O) groups is 1. The number of aromatic nitrogens is 3. The van der Waals surface area contributed by atoms with Crippen LogP contribution in [0.1, 0.15) is 80.4 Å². The van der Waals surface area contributed by atoms with Crippen LogP contribution in [0.2, 0.25) is 0 Å². The Morgan fingerprint density at radius 1 is 0.974 bits per heavy atom. The molecule has 1 amide bonds.